The Balaban J connectivity index is 1.89. The van der Waals surface area contributed by atoms with Gasteiger partial charge in [-0.3, -0.25) is 0 Å². The van der Waals surface area contributed by atoms with E-state index in [9.17, 15) is 0 Å². The molecule has 5 nitrogen and oxygen atoms in total. The number of hydrogen-bond donors (Lipinski definition) is 0. The van der Waals surface area contributed by atoms with E-state index in [1.54, 1.807) is 7.11 Å². The molecule has 0 amide bonds. The molecule has 1 atom stereocenters. The minimum absolute atomic E-state index is 0.0176. The Bertz CT molecular complexity index is 850. The van der Waals surface area contributed by atoms with Gasteiger partial charge in [-0.1, -0.05) is 29.4 Å². The average molecular weight is 412 g/mol. The van der Waals surface area contributed by atoms with Gasteiger partial charge in [0.15, 0.2) is 0 Å². The number of nitrogens with zero attached hydrogens (tertiary/aromatic N) is 1. The molecule has 0 aliphatic heterocycles. The molecule has 0 saturated heterocycles. The molecule has 0 bridgehead atoms. The van der Waals surface area contributed by atoms with Crippen molar-refractivity contribution in [3.63, 3.8) is 0 Å². The van der Waals surface area contributed by atoms with Crippen LogP contribution in [0, 0.1) is 13.8 Å². The fourth-order valence-corrected chi connectivity index (χ4v) is 3.06. The summed E-state index contributed by atoms with van der Waals surface area (Å²) in [5.74, 6) is 2.58. The Morgan fingerprint density at radius 1 is 1.07 bits per heavy atom. The molecular weight excluding hydrogens is 378 g/mol. The summed E-state index contributed by atoms with van der Waals surface area (Å²) in [5.41, 5.74) is 3.92. The van der Waals surface area contributed by atoms with Crippen LogP contribution in [0.25, 0.3) is 0 Å². The number of hydrogen-bond acceptors (Lipinski definition) is 5. The van der Waals surface area contributed by atoms with Gasteiger partial charge >= 0.3 is 0 Å². The zero-order chi connectivity index (χ0) is 21.9. The van der Waals surface area contributed by atoms with Crippen LogP contribution in [0.4, 0.5) is 0 Å². The Kier molecular flexibility index (Phi) is 9.26. The zero-order valence-electron chi connectivity index (χ0n) is 18.9. The highest BCUT2D eigenvalue weighted by molar-refractivity contribution is 5.98. The third kappa shape index (κ3) is 7.14. The summed E-state index contributed by atoms with van der Waals surface area (Å²) in [5, 5.41) is 3.97. The van der Waals surface area contributed by atoms with Crippen molar-refractivity contribution in [1.82, 2.24) is 0 Å². The Morgan fingerprint density at radius 3 is 2.47 bits per heavy atom. The summed E-state index contributed by atoms with van der Waals surface area (Å²) in [7, 11) is 1.54. The maximum atomic E-state index is 6.07. The van der Waals surface area contributed by atoms with E-state index < -0.39 is 0 Å². The first-order chi connectivity index (χ1) is 14.4. The van der Waals surface area contributed by atoms with E-state index >= 15 is 0 Å². The lowest BCUT2D eigenvalue weighted by Gasteiger charge is -2.18. The first-order valence-electron chi connectivity index (χ1n) is 10.3. The van der Waals surface area contributed by atoms with Crippen molar-refractivity contribution in [1.29, 1.82) is 0 Å². The van der Waals surface area contributed by atoms with Gasteiger partial charge in [0, 0.05) is 12.0 Å². The minimum Gasteiger partial charge on any atom is -0.493 e. The van der Waals surface area contributed by atoms with Crippen LogP contribution in [0.1, 0.15) is 43.9 Å². The van der Waals surface area contributed by atoms with Gasteiger partial charge in [0.05, 0.1) is 18.4 Å². The van der Waals surface area contributed by atoms with Crippen molar-refractivity contribution in [3.05, 3.63) is 65.2 Å². The number of oxime groups is 1. The summed E-state index contributed by atoms with van der Waals surface area (Å²) in [4.78, 5) is 4.84. The molecule has 2 rings (SSSR count). The van der Waals surface area contributed by atoms with Crippen LogP contribution in [0.3, 0.4) is 0 Å². The Morgan fingerprint density at radius 2 is 1.80 bits per heavy atom. The van der Waals surface area contributed by atoms with Gasteiger partial charge in [-0.05, 0) is 70.0 Å². The van der Waals surface area contributed by atoms with Crippen molar-refractivity contribution in [2.24, 2.45) is 5.16 Å². The van der Waals surface area contributed by atoms with Crippen LogP contribution in [0.15, 0.2) is 53.7 Å². The third-order valence-electron chi connectivity index (χ3n) is 4.60. The summed E-state index contributed by atoms with van der Waals surface area (Å²) in [6.45, 7) is 11.2. The topological polar surface area (TPSA) is 49.3 Å². The fraction of sp³-hybridized carbons (Fsp3) is 0.400. The van der Waals surface area contributed by atoms with Crippen LogP contribution >= 0.6 is 0 Å². The van der Waals surface area contributed by atoms with Gasteiger partial charge in [0.25, 0.3) is 0 Å². The van der Waals surface area contributed by atoms with Crippen molar-refractivity contribution in [3.8, 4) is 17.2 Å². The Hall–Kier alpha value is -2.95. The molecule has 2 aromatic carbocycles. The molecule has 2 aromatic rings. The van der Waals surface area contributed by atoms with E-state index in [0.29, 0.717) is 13.2 Å². The van der Waals surface area contributed by atoms with Gasteiger partial charge in [0.2, 0.25) is 0 Å². The summed E-state index contributed by atoms with van der Waals surface area (Å²) < 4.78 is 17.9. The predicted molar refractivity (Wildman–Crippen MR) is 122 cm³/mol. The molecule has 0 radical (unpaired) electrons. The van der Waals surface area contributed by atoms with E-state index in [4.69, 9.17) is 19.0 Å². The maximum Gasteiger partial charge on any atom is 0.125 e. The van der Waals surface area contributed by atoms with E-state index in [2.05, 4.69) is 5.16 Å². The van der Waals surface area contributed by atoms with E-state index in [1.807, 2.05) is 83.2 Å². The number of aryl methyl sites for hydroxylation is 2. The van der Waals surface area contributed by atoms with E-state index in [1.165, 1.54) is 0 Å². The highest BCUT2D eigenvalue weighted by Crippen LogP contribution is 2.29. The zero-order valence-corrected chi connectivity index (χ0v) is 18.9. The lowest BCUT2D eigenvalue weighted by atomic mass is 10.1. The quantitative estimate of drug-likeness (QED) is 0.264. The third-order valence-corrected chi connectivity index (χ3v) is 4.60. The normalized spacial score (nSPS) is 12.7. The molecule has 0 aromatic heterocycles. The molecule has 0 saturated carbocycles. The molecule has 0 fully saturated rings. The summed E-state index contributed by atoms with van der Waals surface area (Å²) in [6, 6.07) is 11.9. The highest BCUT2D eigenvalue weighted by Gasteiger charge is 2.10. The van der Waals surface area contributed by atoms with Crippen LogP contribution in [0.5, 0.6) is 17.2 Å². The van der Waals surface area contributed by atoms with Gasteiger partial charge < -0.3 is 19.0 Å². The van der Waals surface area contributed by atoms with Crippen LogP contribution in [-0.2, 0) is 4.84 Å². The number of allylic oxidation sites excluding steroid dienone is 1. The van der Waals surface area contributed by atoms with Crippen molar-refractivity contribution in [2.45, 2.75) is 47.1 Å². The van der Waals surface area contributed by atoms with Gasteiger partial charge in [0.1, 0.15) is 31.0 Å². The SMILES string of the molecule is C/C=C/COc1cc(C)c(OCCC(C)Oc2cccc(C(C)=NOC)c2)c(C)c1. The molecule has 1 unspecified atom stereocenters. The lowest BCUT2D eigenvalue weighted by Crippen LogP contribution is -2.16. The van der Waals surface area contributed by atoms with Crippen molar-refractivity contribution in [2.75, 3.05) is 20.3 Å². The van der Waals surface area contributed by atoms with E-state index in [0.717, 1.165) is 46.1 Å². The molecule has 0 spiro atoms. The standard InChI is InChI=1S/C25H33NO4/c1-7-8-13-28-24-15-18(2)25(19(3)16-24)29-14-12-20(4)30-23-11-9-10-22(17-23)21(5)26-27-6/h7-11,15-17,20H,12-14H2,1-6H3/b8-7+,26-21?. The van der Waals surface area contributed by atoms with Gasteiger partial charge in [-0.15, -0.1) is 0 Å². The molecule has 0 heterocycles. The second-order valence-electron chi connectivity index (χ2n) is 7.22. The number of ether oxygens (including phenoxy) is 3. The largest absolute Gasteiger partial charge is 0.493 e. The van der Waals surface area contributed by atoms with Crippen LogP contribution < -0.4 is 14.2 Å². The highest BCUT2D eigenvalue weighted by atomic mass is 16.6. The number of benzene rings is 2. The molecular formula is C25H33NO4. The van der Waals surface area contributed by atoms with Gasteiger partial charge in [-0.25, -0.2) is 0 Å². The first kappa shape index (κ1) is 23.3. The first-order valence-corrected chi connectivity index (χ1v) is 10.3. The monoisotopic (exact) mass is 411 g/mol. The lowest BCUT2D eigenvalue weighted by molar-refractivity contribution is 0.176. The van der Waals surface area contributed by atoms with E-state index in [-0.39, 0.29) is 6.10 Å². The second-order valence-corrected chi connectivity index (χ2v) is 7.22. The maximum absolute atomic E-state index is 6.07. The second kappa shape index (κ2) is 11.9. The number of rotatable bonds is 11. The predicted octanol–water partition coefficient (Wildman–Crippen LogP) is 5.87. The Labute approximate surface area is 180 Å². The summed E-state index contributed by atoms with van der Waals surface area (Å²) in [6.07, 6.45) is 4.75. The van der Waals surface area contributed by atoms with Crippen LogP contribution in [0.2, 0.25) is 0 Å². The molecule has 0 N–H and O–H groups in total. The average Bonchev–Trinajstić information content (AvgIpc) is 2.70. The van der Waals surface area contributed by atoms with Crippen LogP contribution in [-0.4, -0.2) is 32.1 Å². The molecule has 0 aliphatic carbocycles. The minimum atomic E-state index is 0.0176. The molecule has 30 heavy (non-hydrogen) atoms. The summed E-state index contributed by atoms with van der Waals surface area (Å²) >= 11 is 0. The van der Waals surface area contributed by atoms with Crippen molar-refractivity contribution >= 4 is 5.71 Å². The van der Waals surface area contributed by atoms with Gasteiger partial charge in [-0.2, -0.15) is 0 Å². The molecule has 0 aliphatic rings. The van der Waals surface area contributed by atoms with Crippen molar-refractivity contribution < 1.29 is 19.0 Å². The molecule has 5 heteroatoms. The smallest absolute Gasteiger partial charge is 0.125 e. The molecule has 162 valence electrons. The fourth-order valence-electron chi connectivity index (χ4n) is 3.06.